The van der Waals surface area contributed by atoms with Crippen LogP contribution in [-0.2, 0) is 9.59 Å². The molecule has 0 aliphatic carbocycles. The predicted molar refractivity (Wildman–Crippen MR) is 120 cm³/mol. The molecular formula is C24H26N4O4. The molecule has 0 radical (unpaired) electrons. The van der Waals surface area contributed by atoms with Crippen molar-refractivity contribution in [3.05, 3.63) is 70.7 Å². The Morgan fingerprint density at radius 3 is 2.44 bits per heavy atom. The monoisotopic (exact) mass is 434 g/mol. The zero-order valence-corrected chi connectivity index (χ0v) is 18.5. The maximum Gasteiger partial charge on any atom is 0.295 e. The number of likely N-dealkylation sites (tertiary alicyclic amines) is 1. The minimum atomic E-state index is -0.777. The van der Waals surface area contributed by atoms with Gasteiger partial charge in [-0.2, -0.15) is 0 Å². The van der Waals surface area contributed by atoms with Gasteiger partial charge < -0.3 is 24.4 Å². The second-order valence-corrected chi connectivity index (χ2v) is 8.32. The normalized spacial score (nSPS) is 18.3. The Hall–Kier alpha value is -3.65. The number of benzene rings is 1. The standard InChI is InChI=1S/C24H26N4O4/c1-14-6-5-11-27-15(2)19(25-23(14)27)21(30)18-20(16-7-9-17(29)10-8-16)28(13-12-26(3)4)24(32)22(18)31/h5-11,20,29-30H,12-13H2,1-4H3/b21-18+. The van der Waals surface area contributed by atoms with Crippen LogP contribution in [-0.4, -0.2) is 68.3 Å². The molecule has 1 aromatic carbocycles. The number of pyridine rings is 1. The van der Waals surface area contributed by atoms with E-state index in [9.17, 15) is 19.8 Å². The lowest BCUT2D eigenvalue weighted by Crippen LogP contribution is -2.35. The van der Waals surface area contributed by atoms with Crippen molar-refractivity contribution in [3.8, 4) is 5.75 Å². The minimum absolute atomic E-state index is 0.00334. The maximum atomic E-state index is 13.1. The summed E-state index contributed by atoms with van der Waals surface area (Å²) in [6.07, 6.45) is 1.84. The van der Waals surface area contributed by atoms with Crippen LogP contribution in [0, 0.1) is 13.8 Å². The second-order valence-electron chi connectivity index (χ2n) is 8.32. The lowest BCUT2D eigenvalue weighted by atomic mass is 9.96. The SMILES string of the molecule is Cc1cccn2c(C)c(/C(O)=C3\C(=O)C(=O)N(CCN(C)C)C3c3ccc(O)cc3)nc12. The minimum Gasteiger partial charge on any atom is -0.508 e. The van der Waals surface area contributed by atoms with Crippen LogP contribution >= 0.6 is 0 Å². The summed E-state index contributed by atoms with van der Waals surface area (Å²) in [5, 5.41) is 21.0. The van der Waals surface area contributed by atoms with Crippen LogP contribution in [0.5, 0.6) is 5.75 Å². The number of imidazole rings is 1. The molecule has 0 bridgehead atoms. The molecule has 3 aromatic rings. The first-order valence-corrected chi connectivity index (χ1v) is 10.4. The van der Waals surface area contributed by atoms with Gasteiger partial charge in [0.05, 0.1) is 17.3 Å². The third kappa shape index (κ3) is 3.52. The van der Waals surface area contributed by atoms with Gasteiger partial charge in [-0.05, 0) is 57.3 Å². The molecule has 0 saturated carbocycles. The van der Waals surface area contributed by atoms with E-state index in [2.05, 4.69) is 4.98 Å². The predicted octanol–water partition coefficient (Wildman–Crippen LogP) is 2.64. The van der Waals surface area contributed by atoms with E-state index in [4.69, 9.17) is 0 Å². The van der Waals surface area contributed by atoms with Crippen molar-refractivity contribution in [3.63, 3.8) is 0 Å². The Labute approximate surface area is 186 Å². The van der Waals surface area contributed by atoms with E-state index in [1.807, 2.05) is 55.6 Å². The van der Waals surface area contributed by atoms with Crippen molar-refractivity contribution in [1.82, 2.24) is 19.2 Å². The zero-order chi connectivity index (χ0) is 23.2. The van der Waals surface area contributed by atoms with Crippen LogP contribution in [0.1, 0.15) is 28.6 Å². The molecule has 1 aliphatic heterocycles. The average Bonchev–Trinajstić information content (AvgIpc) is 3.22. The number of aromatic hydroxyl groups is 1. The second kappa shape index (κ2) is 8.12. The number of fused-ring (bicyclic) bond motifs is 1. The Morgan fingerprint density at radius 2 is 1.81 bits per heavy atom. The summed E-state index contributed by atoms with van der Waals surface area (Å²) in [6, 6.07) is 9.34. The lowest BCUT2D eigenvalue weighted by molar-refractivity contribution is -0.140. The Kier molecular flexibility index (Phi) is 5.48. The van der Waals surface area contributed by atoms with Gasteiger partial charge in [-0.25, -0.2) is 4.98 Å². The molecule has 1 aliphatic rings. The number of phenolic OH excluding ortho intramolecular Hbond substituents is 1. The molecule has 1 amide bonds. The first kappa shape index (κ1) is 21.6. The van der Waals surface area contributed by atoms with Crippen LogP contribution < -0.4 is 0 Å². The molecule has 4 rings (SSSR count). The number of carbonyl (C=O) groups excluding carboxylic acids is 2. The highest BCUT2D eigenvalue weighted by molar-refractivity contribution is 6.46. The number of phenols is 1. The van der Waals surface area contributed by atoms with Gasteiger partial charge >= 0.3 is 0 Å². The number of aromatic nitrogens is 2. The highest BCUT2D eigenvalue weighted by Gasteiger charge is 2.46. The summed E-state index contributed by atoms with van der Waals surface area (Å²) < 4.78 is 1.85. The topological polar surface area (TPSA) is 98.4 Å². The largest absolute Gasteiger partial charge is 0.508 e. The first-order chi connectivity index (χ1) is 15.2. The van der Waals surface area contributed by atoms with E-state index in [1.54, 1.807) is 12.1 Å². The first-order valence-electron chi connectivity index (χ1n) is 10.4. The van der Waals surface area contributed by atoms with Crippen molar-refractivity contribution in [2.24, 2.45) is 0 Å². The quantitative estimate of drug-likeness (QED) is 0.364. The van der Waals surface area contributed by atoms with Crippen LogP contribution in [0.25, 0.3) is 11.4 Å². The molecule has 2 aromatic heterocycles. The molecule has 1 unspecified atom stereocenters. The molecule has 1 saturated heterocycles. The number of aryl methyl sites for hydroxylation is 2. The molecule has 8 heteroatoms. The van der Waals surface area contributed by atoms with E-state index >= 15 is 0 Å². The van der Waals surface area contributed by atoms with E-state index in [-0.39, 0.29) is 22.8 Å². The number of aliphatic hydroxyl groups is 1. The summed E-state index contributed by atoms with van der Waals surface area (Å²) in [5.41, 5.74) is 3.17. The van der Waals surface area contributed by atoms with Gasteiger partial charge in [0.25, 0.3) is 11.7 Å². The van der Waals surface area contributed by atoms with E-state index in [0.717, 1.165) is 5.56 Å². The number of hydrogen-bond acceptors (Lipinski definition) is 6. The lowest BCUT2D eigenvalue weighted by Gasteiger charge is -2.26. The third-order valence-electron chi connectivity index (χ3n) is 5.85. The van der Waals surface area contributed by atoms with Gasteiger partial charge in [0.15, 0.2) is 5.76 Å². The third-order valence-corrected chi connectivity index (χ3v) is 5.85. The number of amides is 1. The maximum absolute atomic E-state index is 13.1. The molecule has 3 heterocycles. The fraction of sp³-hybridized carbons (Fsp3) is 0.292. The summed E-state index contributed by atoms with van der Waals surface area (Å²) in [7, 11) is 3.77. The van der Waals surface area contributed by atoms with Crippen LogP contribution in [0.4, 0.5) is 0 Å². The molecule has 0 spiro atoms. The number of likely N-dealkylation sites (N-methyl/N-ethyl adjacent to an activating group) is 1. The fourth-order valence-electron chi connectivity index (χ4n) is 4.10. The Bertz CT molecular complexity index is 1240. The summed E-state index contributed by atoms with van der Waals surface area (Å²) in [4.78, 5) is 34.0. The van der Waals surface area contributed by atoms with Gasteiger partial charge in [0, 0.05) is 19.3 Å². The molecule has 1 fully saturated rings. The van der Waals surface area contributed by atoms with Gasteiger partial charge in [-0.3, -0.25) is 9.59 Å². The average molecular weight is 434 g/mol. The van der Waals surface area contributed by atoms with Gasteiger partial charge in [-0.1, -0.05) is 18.2 Å². The number of rotatable bonds is 5. The van der Waals surface area contributed by atoms with Crippen molar-refractivity contribution in [1.29, 1.82) is 0 Å². The number of carbonyl (C=O) groups is 2. The molecule has 8 nitrogen and oxygen atoms in total. The molecule has 166 valence electrons. The smallest absolute Gasteiger partial charge is 0.295 e. The highest BCUT2D eigenvalue weighted by atomic mass is 16.3. The van der Waals surface area contributed by atoms with Crippen LogP contribution in [0.15, 0.2) is 48.2 Å². The summed E-state index contributed by atoms with van der Waals surface area (Å²) in [5.74, 6) is -1.63. The molecule has 2 N–H and O–H groups in total. The van der Waals surface area contributed by atoms with E-state index < -0.39 is 17.7 Å². The van der Waals surface area contributed by atoms with Crippen LogP contribution in [0.2, 0.25) is 0 Å². The number of ketones is 1. The van der Waals surface area contributed by atoms with Gasteiger partial charge in [-0.15, -0.1) is 0 Å². The molecule has 1 atom stereocenters. The summed E-state index contributed by atoms with van der Waals surface area (Å²) in [6.45, 7) is 4.59. The summed E-state index contributed by atoms with van der Waals surface area (Å²) >= 11 is 0. The fourth-order valence-corrected chi connectivity index (χ4v) is 4.10. The number of aliphatic hydroxyl groups excluding tert-OH is 1. The number of Topliss-reactive ketones (excluding diaryl/α,β-unsaturated/α-hetero) is 1. The molecule has 32 heavy (non-hydrogen) atoms. The number of nitrogens with zero attached hydrogens (tertiary/aromatic N) is 4. The Balaban J connectivity index is 1.91. The zero-order valence-electron chi connectivity index (χ0n) is 18.5. The van der Waals surface area contributed by atoms with E-state index in [1.165, 1.54) is 17.0 Å². The van der Waals surface area contributed by atoms with Gasteiger partial charge in [0.1, 0.15) is 17.1 Å². The molecular weight excluding hydrogens is 408 g/mol. The Morgan fingerprint density at radius 1 is 1.12 bits per heavy atom. The van der Waals surface area contributed by atoms with Crippen molar-refractivity contribution >= 4 is 23.1 Å². The highest BCUT2D eigenvalue weighted by Crippen LogP contribution is 2.40. The van der Waals surface area contributed by atoms with E-state index in [0.29, 0.717) is 30.0 Å². The van der Waals surface area contributed by atoms with Crippen molar-refractivity contribution in [2.45, 2.75) is 19.9 Å². The van der Waals surface area contributed by atoms with Crippen molar-refractivity contribution < 1.29 is 19.8 Å². The van der Waals surface area contributed by atoms with Crippen LogP contribution in [0.3, 0.4) is 0 Å². The van der Waals surface area contributed by atoms with Crippen molar-refractivity contribution in [2.75, 3.05) is 27.2 Å². The van der Waals surface area contributed by atoms with Gasteiger partial charge in [0.2, 0.25) is 0 Å². The number of hydrogen-bond donors (Lipinski definition) is 2.